The number of rotatable bonds is 4. The first-order chi connectivity index (χ1) is 12.0. The molecule has 1 atom stereocenters. The predicted molar refractivity (Wildman–Crippen MR) is 114 cm³/mol. The first-order valence-corrected chi connectivity index (χ1v) is 9.00. The maximum atomic E-state index is 12.4. The summed E-state index contributed by atoms with van der Waals surface area (Å²) >= 11 is 0. The lowest BCUT2D eigenvalue weighted by Crippen LogP contribution is -2.43. The molecule has 0 bridgehead atoms. The zero-order chi connectivity index (χ0) is 18.0. The van der Waals surface area contributed by atoms with Gasteiger partial charge in [-0.15, -0.1) is 24.8 Å². The highest BCUT2D eigenvalue weighted by Crippen LogP contribution is 2.30. The molecule has 1 fully saturated rings. The third-order valence-corrected chi connectivity index (χ3v) is 5.29. The fourth-order valence-corrected chi connectivity index (χ4v) is 3.63. The van der Waals surface area contributed by atoms with Crippen LogP contribution in [0.4, 0.5) is 5.69 Å². The number of H-pyrrole nitrogens is 1. The Hall–Kier alpha value is -1.63. The van der Waals surface area contributed by atoms with Crippen molar-refractivity contribution < 1.29 is 4.79 Å². The Bertz CT molecular complexity index is 720. The summed E-state index contributed by atoms with van der Waals surface area (Å²) in [5.74, 6) is 0.905. The molecule has 1 amide bonds. The second kappa shape index (κ2) is 10.1. The number of nitrogens with one attached hydrogen (secondary N) is 2. The number of pyridine rings is 1. The van der Waals surface area contributed by atoms with Gasteiger partial charge in [-0.3, -0.25) is 14.9 Å². The van der Waals surface area contributed by atoms with E-state index in [1.54, 1.807) is 6.20 Å². The highest BCUT2D eigenvalue weighted by Gasteiger charge is 2.28. The van der Waals surface area contributed by atoms with Gasteiger partial charge >= 0.3 is 0 Å². The number of hydrogen-bond acceptors (Lipinski definition) is 4. The fraction of sp³-hybridized carbons (Fsp3) is 0.526. The quantitative estimate of drug-likeness (QED) is 0.704. The van der Waals surface area contributed by atoms with Crippen molar-refractivity contribution in [3.05, 3.63) is 29.7 Å². The topological polar surface area (TPSA) is 96.7 Å². The third kappa shape index (κ3) is 5.43. The average Bonchev–Trinajstić information content (AvgIpc) is 2.94. The van der Waals surface area contributed by atoms with Crippen LogP contribution >= 0.6 is 24.8 Å². The second-order valence-electron chi connectivity index (χ2n) is 7.28. The van der Waals surface area contributed by atoms with Gasteiger partial charge in [0.1, 0.15) is 0 Å². The van der Waals surface area contributed by atoms with Crippen molar-refractivity contribution in [3.8, 4) is 11.3 Å². The maximum Gasteiger partial charge on any atom is 0.241 e. The van der Waals surface area contributed by atoms with Crippen LogP contribution in [-0.2, 0) is 4.79 Å². The molecule has 3 rings (SSSR count). The van der Waals surface area contributed by atoms with Crippen LogP contribution < -0.4 is 11.1 Å². The van der Waals surface area contributed by atoms with Gasteiger partial charge in [0.2, 0.25) is 5.91 Å². The number of aromatic nitrogens is 3. The number of amides is 1. The first-order valence-electron chi connectivity index (χ1n) is 9.00. The van der Waals surface area contributed by atoms with E-state index >= 15 is 0 Å². The number of aryl methyl sites for hydroxylation is 2. The lowest BCUT2D eigenvalue weighted by Gasteiger charge is -2.29. The van der Waals surface area contributed by atoms with Gasteiger partial charge in [0.15, 0.2) is 0 Å². The Balaban J connectivity index is 0.00000182. The number of carbonyl (C=O) groups excluding carboxylic acids is 1. The molecule has 0 aromatic carbocycles. The molecule has 0 saturated heterocycles. The number of nitrogens with zero attached hydrogens (tertiary/aromatic N) is 2. The van der Waals surface area contributed by atoms with Gasteiger partial charge in [-0.25, -0.2) is 0 Å². The summed E-state index contributed by atoms with van der Waals surface area (Å²) in [6.07, 6.45) is 6.06. The Kier molecular flexibility index (Phi) is 8.72. The molecular formula is C19H29Cl2N5O. The summed E-state index contributed by atoms with van der Waals surface area (Å²) in [6.45, 7) is 6.18. The van der Waals surface area contributed by atoms with Gasteiger partial charge in [-0.05, 0) is 50.7 Å². The Morgan fingerprint density at radius 3 is 2.41 bits per heavy atom. The van der Waals surface area contributed by atoms with E-state index in [4.69, 9.17) is 5.73 Å². The molecule has 0 aliphatic heterocycles. The van der Waals surface area contributed by atoms with Crippen LogP contribution in [0, 0.1) is 25.7 Å². The number of anilines is 1. The minimum Gasteiger partial charge on any atom is -0.323 e. The van der Waals surface area contributed by atoms with E-state index in [-0.39, 0.29) is 36.6 Å². The van der Waals surface area contributed by atoms with E-state index < -0.39 is 6.04 Å². The van der Waals surface area contributed by atoms with Gasteiger partial charge in [-0.1, -0.05) is 19.8 Å². The van der Waals surface area contributed by atoms with Gasteiger partial charge < -0.3 is 11.1 Å². The molecule has 2 aromatic heterocycles. The number of aromatic amines is 1. The van der Waals surface area contributed by atoms with Crippen LogP contribution in [0.2, 0.25) is 0 Å². The molecule has 150 valence electrons. The van der Waals surface area contributed by atoms with Crippen molar-refractivity contribution >= 4 is 36.4 Å². The SMILES string of the molecule is Cc1n[nH]c(C)c1-c1ccc(NC(=O)C(N)C2CCC(C)CC2)cn1.Cl.Cl. The summed E-state index contributed by atoms with van der Waals surface area (Å²) in [5, 5.41) is 10.1. The smallest absolute Gasteiger partial charge is 0.241 e. The van der Waals surface area contributed by atoms with Crippen LogP contribution in [0.1, 0.15) is 44.0 Å². The zero-order valence-corrected chi connectivity index (χ0v) is 17.6. The van der Waals surface area contributed by atoms with E-state index in [1.165, 1.54) is 0 Å². The Morgan fingerprint density at radius 2 is 1.89 bits per heavy atom. The van der Waals surface area contributed by atoms with Crippen molar-refractivity contribution in [2.24, 2.45) is 17.6 Å². The van der Waals surface area contributed by atoms with Crippen LogP contribution in [0.5, 0.6) is 0 Å². The molecule has 0 spiro atoms. The van der Waals surface area contributed by atoms with Crippen LogP contribution in [0.25, 0.3) is 11.3 Å². The molecule has 27 heavy (non-hydrogen) atoms. The summed E-state index contributed by atoms with van der Waals surface area (Å²) in [5.41, 5.74) is 10.6. The van der Waals surface area contributed by atoms with Crippen molar-refractivity contribution in [3.63, 3.8) is 0 Å². The van der Waals surface area contributed by atoms with Crippen molar-refractivity contribution in [2.75, 3.05) is 5.32 Å². The third-order valence-electron chi connectivity index (χ3n) is 5.29. The lowest BCUT2D eigenvalue weighted by molar-refractivity contribution is -0.118. The van der Waals surface area contributed by atoms with E-state index in [2.05, 4.69) is 27.4 Å². The monoisotopic (exact) mass is 413 g/mol. The molecule has 8 heteroatoms. The molecule has 1 aliphatic carbocycles. The molecule has 2 aromatic rings. The van der Waals surface area contributed by atoms with Gasteiger partial charge in [0.25, 0.3) is 0 Å². The molecule has 1 saturated carbocycles. The number of carbonyl (C=O) groups is 1. The fourth-order valence-electron chi connectivity index (χ4n) is 3.63. The number of hydrogen-bond donors (Lipinski definition) is 3. The zero-order valence-electron chi connectivity index (χ0n) is 16.0. The minimum atomic E-state index is -0.453. The summed E-state index contributed by atoms with van der Waals surface area (Å²) < 4.78 is 0. The average molecular weight is 414 g/mol. The molecule has 0 radical (unpaired) electrons. The highest BCUT2D eigenvalue weighted by molar-refractivity contribution is 5.94. The standard InChI is InChI=1S/C19H27N5O.2ClH/c1-11-4-6-14(7-5-11)18(20)19(25)22-15-8-9-16(21-10-15)17-12(2)23-24-13(17)3;;/h8-11,14,18H,4-7,20H2,1-3H3,(H,22,25)(H,23,24);2*1H. The molecule has 2 heterocycles. The van der Waals surface area contributed by atoms with Gasteiger partial charge in [0, 0.05) is 11.3 Å². The number of nitrogens with two attached hydrogens (primary N) is 1. The first kappa shape index (κ1) is 23.4. The van der Waals surface area contributed by atoms with Crippen molar-refractivity contribution in [2.45, 2.75) is 52.5 Å². The van der Waals surface area contributed by atoms with E-state index in [0.29, 0.717) is 5.69 Å². The normalized spacial score (nSPS) is 20.1. The molecule has 6 nitrogen and oxygen atoms in total. The van der Waals surface area contributed by atoms with Crippen molar-refractivity contribution in [1.82, 2.24) is 15.2 Å². The molecule has 1 unspecified atom stereocenters. The minimum absolute atomic E-state index is 0. The lowest BCUT2D eigenvalue weighted by atomic mass is 9.79. The number of halogens is 2. The highest BCUT2D eigenvalue weighted by atomic mass is 35.5. The summed E-state index contributed by atoms with van der Waals surface area (Å²) in [4.78, 5) is 16.9. The van der Waals surface area contributed by atoms with Crippen molar-refractivity contribution in [1.29, 1.82) is 0 Å². The molecule has 1 aliphatic rings. The molecular weight excluding hydrogens is 385 g/mol. The van der Waals surface area contributed by atoms with E-state index in [1.807, 2.05) is 26.0 Å². The van der Waals surface area contributed by atoms with E-state index in [0.717, 1.165) is 54.2 Å². The van der Waals surface area contributed by atoms with Gasteiger partial charge in [0.05, 0.1) is 29.3 Å². The summed E-state index contributed by atoms with van der Waals surface area (Å²) in [6, 6.07) is 3.31. The Morgan fingerprint density at radius 1 is 1.22 bits per heavy atom. The second-order valence-corrected chi connectivity index (χ2v) is 7.28. The van der Waals surface area contributed by atoms with E-state index in [9.17, 15) is 4.79 Å². The van der Waals surface area contributed by atoms with Gasteiger partial charge in [-0.2, -0.15) is 5.10 Å². The molecule has 4 N–H and O–H groups in total. The van der Waals surface area contributed by atoms with Crippen LogP contribution in [0.3, 0.4) is 0 Å². The van der Waals surface area contributed by atoms with Crippen LogP contribution in [-0.4, -0.2) is 27.1 Å². The largest absolute Gasteiger partial charge is 0.323 e. The summed E-state index contributed by atoms with van der Waals surface area (Å²) in [7, 11) is 0. The predicted octanol–water partition coefficient (Wildman–Crippen LogP) is 4.02. The van der Waals surface area contributed by atoms with Crippen LogP contribution in [0.15, 0.2) is 18.3 Å². The maximum absolute atomic E-state index is 12.4. The Labute approximate surface area is 172 Å².